The number of hydrogen-bond donors (Lipinski definition) is 0. The van der Waals surface area contributed by atoms with Crippen LogP contribution in [-0.4, -0.2) is 4.57 Å². The van der Waals surface area contributed by atoms with Crippen molar-refractivity contribution in [2.45, 2.75) is 0 Å². The van der Waals surface area contributed by atoms with Crippen LogP contribution in [0.2, 0.25) is 5.02 Å². The van der Waals surface area contributed by atoms with Gasteiger partial charge in [0.1, 0.15) is 0 Å². The zero-order valence-electron chi connectivity index (χ0n) is 14.4. The van der Waals surface area contributed by atoms with E-state index in [1.807, 2.05) is 18.2 Å². The van der Waals surface area contributed by atoms with Crippen LogP contribution in [0.5, 0.6) is 0 Å². The van der Waals surface area contributed by atoms with E-state index in [4.69, 9.17) is 11.6 Å². The molecule has 27 heavy (non-hydrogen) atoms. The summed E-state index contributed by atoms with van der Waals surface area (Å²) in [6.45, 7) is 0. The molecule has 0 unspecified atom stereocenters. The van der Waals surface area contributed by atoms with E-state index < -0.39 is 0 Å². The molecule has 0 aliphatic rings. The van der Waals surface area contributed by atoms with Gasteiger partial charge in [0.25, 0.3) is 0 Å². The number of hydrogen-bond acceptors (Lipinski definition) is 0. The van der Waals surface area contributed by atoms with Crippen LogP contribution in [0.3, 0.4) is 0 Å². The van der Waals surface area contributed by atoms with E-state index >= 15 is 0 Å². The summed E-state index contributed by atoms with van der Waals surface area (Å²) in [6.07, 6.45) is 0. The molecule has 0 spiro atoms. The molecule has 0 saturated carbocycles. The van der Waals surface area contributed by atoms with Crippen molar-refractivity contribution in [1.29, 1.82) is 0 Å². The molecule has 130 valence electrons. The molecule has 5 rings (SSSR count). The number of rotatable bonds is 2. The summed E-state index contributed by atoms with van der Waals surface area (Å²) in [5.41, 5.74) is 5.62. The van der Waals surface area contributed by atoms with Crippen molar-refractivity contribution >= 4 is 49.3 Å². The van der Waals surface area contributed by atoms with Crippen molar-refractivity contribution in [3.63, 3.8) is 0 Å². The second-order valence-corrected chi connectivity index (χ2v) is 7.78. The summed E-state index contributed by atoms with van der Waals surface area (Å²) in [6, 6.07) is 31.5. The summed E-state index contributed by atoms with van der Waals surface area (Å²) in [7, 11) is 0. The predicted octanol–water partition coefficient (Wildman–Crippen LogP) is 7.87. The maximum absolute atomic E-state index is 6.47. The molecule has 0 N–H and O–H groups in total. The van der Waals surface area contributed by atoms with Gasteiger partial charge in [-0.25, -0.2) is 0 Å². The number of fused-ring (bicyclic) bond motifs is 3. The first-order valence-corrected chi connectivity index (χ1v) is 9.94. The van der Waals surface area contributed by atoms with E-state index in [9.17, 15) is 0 Å². The maximum atomic E-state index is 6.47. The molecule has 5 aromatic rings. The Kier molecular flexibility index (Phi) is 4.04. The van der Waals surface area contributed by atoms with E-state index in [1.54, 1.807) is 0 Å². The lowest BCUT2D eigenvalue weighted by Gasteiger charge is -2.13. The molecule has 0 bridgehead atoms. The number of aromatic nitrogens is 1. The highest BCUT2D eigenvalue weighted by molar-refractivity contribution is 9.10. The van der Waals surface area contributed by atoms with Crippen molar-refractivity contribution in [3.05, 3.63) is 100 Å². The van der Waals surface area contributed by atoms with Crippen LogP contribution in [0.25, 0.3) is 38.6 Å². The van der Waals surface area contributed by atoms with E-state index in [-0.39, 0.29) is 0 Å². The Bertz CT molecular complexity index is 1250. The van der Waals surface area contributed by atoms with Crippen LogP contribution in [0.4, 0.5) is 0 Å². The van der Waals surface area contributed by atoms with Crippen LogP contribution in [0.15, 0.2) is 95.5 Å². The van der Waals surface area contributed by atoms with E-state index in [0.29, 0.717) is 0 Å². The fraction of sp³-hybridized carbons (Fsp3) is 0. The van der Waals surface area contributed by atoms with Gasteiger partial charge in [0.15, 0.2) is 0 Å². The number of nitrogens with zero attached hydrogens (tertiary/aromatic N) is 1. The fourth-order valence-electron chi connectivity index (χ4n) is 3.74. The van der Waals surface area contributed by atoms with E-state index in [0.717, 1.165) is 26.3 Å². The van der Waals surface area contributed by atoms with Gasteiger partial charge in [-0.1, -0.05) is 82.1 Å². The van der Waals surface area contributed by atoms with E-state index in [2.05, 4.69) is 93.3 Å². The van der Waals surface area contributed by atoms with Gasteiger partial charge in [-0.05, 0) is 42.0 Å². The summed E-state index contributed by atoms with van der Waals surface area (Å²) in [4.78, 5) is 0. The van der Waals surface area contributed by atoms with Crippen molar-refractivity contribution in [2.24, 2.45) is 0 Å². The molecule has 1 nitrogen and oxygen atoms in total. The van der Waals surface area contributed by atoms with Gasteiger partial charge >= 0.3 is 0 Å². The molecule has 1 aromatic heterocycles. The number of para-hydroxylation sites is 2. The average Bonchev–Trinajstić information content (AvgIpc) is 3.04. The monoisotopic (exact) mass is 431 g/mol. The second-order valence-electron chi connectivity index (χ2n) is 6.51. The third kappa shape index (κ3) is 2.68. The lowest BCUT2D eigenvalue weighted by atomic mass is 10.0. The fourth-order valence-corrected chi connectivity index (χ4v) is 4.44. The summed E-state index contributed by atoms with van der Waals surface area (Å²) >= 11 is 10.2. The highest BCUT2D eigenvalue weighted by atomic mass is 79.9. The normalized spacial score (nSPS) is 11.3. The molecule has 0 aliphatic carbocycles. The van der Waals surface area contributed by atoms with Crippen LogP contribution in [0.1, 0.15) is 0 Å². The molecule has 0 amide bonds. The Hall–Kier alpha value is -2.55. The van der Waals surface area contributed by atoms with Gasteiger partial charge in [0, 0.05) is 31.5 Å². The summed E-state index contributed by atoms with van der Waals surface area (Å²) < 4.78 is 3.34. The summed E-state index contributed by atoms with van der Waals surface area (Å²) in [5.74, 6) is 0. The van der Waals surface area contributed by atoms with Crippen molar-refractivity contribution in [1.82, 2.24) is 4.57 Å². The molecular formula is C24H15BrClN. The Morgan fingerprint density at radius 2 is 1.22 bits per heavy atom. The van der Waals surface area contributed by atoms with Crippen LogP contribution >= 0.6 is 27.5 Å². The molecular weight excluding hydrogens is 418 g/mol. The Balaban J connectivity index is 1.84. The standard InChI is InChI=1S/C24H15BrClN/c25-21-14-13-16(15-20(21)17-7-1-4-10-22(17)26)27-23-11-5-2-8-18(23)19-9-3-6-12-24(19)27/h1-15H. The molecule has 0 saturated heterocycles. The van der Waals surface area contributed by atoms with Crippen molar-refractivity contribution < 1.29 is 0 Å². The van der Waals surface area contributed by atoms with Crippen LogP contribution in [0, 0.1) is 0 Å². The highest BCUT2D eigenvalue weighted by Gasteiger charge is 2.14. The molecule has 3 heteroatoms. The lowest BCUT2D eigenvalue weighted by Crippen LogP contribution is -1.95. The zero-order valence-corrected chi connectivity index (χ0v) is 16.7. The number of halogens is 2. The predicted molar refractivity (Wildman–Crippen MR) is 119 cm³/mol. The first-order valence-electron chi connectivity index (χ1n) is 8.77. The smallest absolute Gasteiger partial charge is 0.0541 e. The molecule has 4 aromatic carbocycles. The highest BCUT2D eigenvalue weighted by Crippen LogP contribution is 2.37. The van der Waals surface area contributed by atoms with Gasteiger partial charge in [-0.15, -0.1) is 0 Å². The molecule has 0 fully saturated rings. The SMILES string of the molecule is Clc1ccccc1-c1cc(-n2c3ccccc3c3ccccc32)ccc1Br. The maximum Gasteiger partial charge on any atom is 0.0541 e. The third-order valence-electron chi connectivity index (χ3n) is 4.95. The van der Waals surface area contributed by atoms with Crippen molar-refractivity contribution in [2.75, 3.05) is 0 Å². The Labute approximate surface area is 170 Å². The van der Waals surface area contributed by atoms with Gasteiger partial charge in [-0.2, -0.15) is 0 Å². The molecule has 0 radical (unpaired) electrons. The van der Waals surface area contributed by atoms with Gasteiger partial charge < -0.3 is 4.57 Å². The second kappa shape index (κ2) is 6.56. The van der Waals surface area contributed by atoms with Crippen LogP contribution < -0.4 is 0 Å². The minimum atomic E-state index is 0.748. The Morgan fingerprint density at radius 1 is 0.630 bits per heavy atom. The quantitative estimate of drug-likeness (QED) is 0.267. The van der Waals surface area contributed by atoms with E-state index in [1.165, 1.54) is 21.8 Å². The number of benzene rings is 4. The van der Waals surface area contributed by atoms with Gasteiger partial charge in [0.2, 0.25) is 0 Å². The minimum Gasteiger partial charge on any atom is -0.309 e. The minimum absolute atomic E-state index is 0.748. The largest absolute Gasteiger partial charge is 0.309 e. The average molecular weight is 433 g/mol. The first kappa shape index (κ1) is 16.6. The molecule has 1 heterocycles. The van der Waals surface area contributed by atoms with Crippen LogP contribution in [-0.2, 0) is 0 Å². The van der Waals surface area contributed by atoms with Gasteiger partial charge in [-0.3, -0.25) is 0 Å². The lowest BCUT2D eigenvalue weighted by molar-refractivity contribution is 1.18. The summed E-state index contributed by atoms with van der Waals surface area (Å²) in [5, 5.41) is 3.27. The topological polar surface area (TPSA) is 4.93 Å². The van der Waals surface area contributed by atoms with Crippen molar-refractivity contribution in [3.8, 4) is 16.8 Å². The molecule has 0 atom stereocenters. The first-order chi connectivity index (χ1) is 13.2. The zero-order chi connectivity index (χ0) is 18.4. The Morgan fingerprint density at radius 3 is 1.89 bits per heavy atom. The van der Waals surface area contributed by atoms with Gasteiger partial charge in [0.05, 0.1) is 11.0 Å². The third-order valence-corrected chi connectivity index (χ3v) is 5.97. The molecule has 0 aliphatic heterocycles.